The maximum Gasteiger partial charge on any atom is 0.257 e. The third-order valence-electron chi connectivity index (χ3n) is 3.48. The van der Waals surface area contributed by atoms with Crippen LogP contribution in [0, 0.1) is 0 Å². The summed E-state index contributed by atoms with van der Waals surface area (Å²) >= 11 is 12.2. The number of anilines is 2. The van der Waals surface area contributed by atoms with Crippen LogP contribution in [0.4, 0.5) is 11.4 Å². The fourth-order valence-electron chi connectivity index (χ4n) is 2.09. The van der Waals surface area contributed by atoms with Crippen LogP contribution in [-0.2, 0) is 0 Å². The van der Waals surface area contributed by atoms with E-state index in [1.807, 2.05) is 13.1 Å². The number of para-hydroxylation sites is 1. The summed E-state index contributed by atoms with van der Waals surface area (Å²) in [7, 11) is 1.99. The molecule has 4 nitrogen and oxygen atoms in total. The number of carbonyl (C=O) groups excluding carboxylic acids is 1. The number of hydrogen-bond donors (Lipinski definition) is 1. The number of hydrogen-bond acceptors (Lipinski definition) is 3. The summed E-state index contributed by atoms with van der Waals surface area (Å²) in [4.78, 5) is 18.7. The summed E-state index contributed by atoms with van der Waals surface area (Å²) in [6.07, 6.45) is 5.47. The number of unbranched alkanes of at least 4 members (excludes halogenated alkanes) is 1. The first kappa shape index (κ1) is 17.6. The molecule has 2 rings (SSSR count). The van der Waals surface area contributed by atoms with Gasteiger partial charge < -0.3 is 10.2 Å². The summed E-state index contributed by atoms with van der Waals surface area (Å²) in [5.41, 5.74) is 1.77. The highest BCUT2D eigenvalue weighted by Gasteiger charge is 2.13. The van der Waals surface area contributed by atoms with E-state index in [-0.39, 0.29) is 5.91 Å². The highest BCUT2D eigenvalue weighted by Crippen LogP contribution is 2.30. The second kappa shape index (κ2) is 8.18. The Labute approximate surface area is 146 Å². The number of rotatable bonds is 6. The van der Waals surface area contributed by atoms with Crippen LogP contribution in [-0.4, -0.2) is 24.5 Å². The van der Waals surface area contributed by atoms with Gasteiger partial charge in [0.15, 0.2) is 0 Å². The second-order valence-electron chi connectivity index (χ2n) is 5.26. The summed E-state index contributed by atoms with van der Waals surface area (Å²) in [6.45, 7) is 3.06. The molecule has 1 N–H and O–H groups in total. The number of carbonyl (C=O) groups is 1. The van der Waals surface area contributed by atoms with Crippen LogP contribution in [0.2, 0.25) is 10.0 Å². The third-order valence-corrected chi connectivity index (χ3v) is 4.11. The Morgan fingerprint density at radius 1 is 1.26 bits per heavy atom. The fraction of sp³-hybridized carbons (Fsp3) is 0.294. The lowest BCUT2D eigenvalue weighted by atomic mass is 10.2. The Hall–Kier alpha value is -1.78. The van der Waals surface area contributed by atoms with Gasteiger partial charge in [0, 0.05) is 19.8 Å². The van der Waals surface area contributed by atoms with Gasteiger partial charge >= 0.3 is 0 Å². The molecule has 0 aliphatic heterocycles. The van der Waals surface area contributed by atoms with Crippen molar-refractivity contribution in [2.24, 2.45) is 0 Å². The van der Waals surface area contributed by atoms with Crippen LogP contribution in [0.3, 0.4) is 0 Å². The molecule has 0 fully saturated rings. The SMILES string of the molecule is CCCCN(C)c1cncc(C(=O)Nc2c(Cl)cccc2Cl)c1. The molecule has 1 aromatic heterocycles. The molecule has 0 aliphatic carbocycles. The minimum Gasteiger partial charge on any atom is -0.373 e. The van der Waals surface area contributed by atoms with E-state index in [4.69, 9.17) is 23.2 Å². The fourth-order valence-corrected chi connectivity index (χ4v) is 2.58. The first-order valence-electron chi connectivity index (χ1n) is 7.44. The quantitative estimate of drug-likeness (QED) is 0.806. The van der Waals surface area contributed by atoms with Crippen LogP contribution < -0.4 is 10.2 Å². The molecule has 0 radical (unpaired) electrons. The minimum absolute atomic E-state index is 0.293. The van der Waals surface area contributed by atoms with Crippen molar-refractivity contribution in [3.63, 3.8) is 0 Å². The zero-order valence-corrected chi connectivity index (χ0v) is 14.7. The Bertz CT molecular complexity index is 671. The van der Waals surface area contributed by atoms with Crippen LogP contribution in [0.1, 0.15) is 30.1 Å². The van der Waals surface area contributed by atoms with Crippen molar-refractivity contribution in [1.82, 2.24) is 4.98 Å². The van der Waals surface area contributed by atoms with E-state index in [1.165, 1.54) is 6.20 Å². The predicted octanol–water partition coefficient (Wildman–Crippen LogP) is 4.88. The molecule has 0 saturated carbocycles. The number of nitrogens with zero attached hydrogens (tertiary/aromatic N) is 2. The van der Waals surface area contributed by atoms with Crippen molar-refractivity contribution < 1.29 is 4.79 Å². The van der Waals surface area contributed by atoms with Crippen molar-refractivity contribution in [2.75, 3.05) is 23.8 Å². The summed E-state index contributed by atoms with van der Waals surface area (Å²) < 4.78 is 0. The van der Waals surface area contributed by atoms with E-state index in [2.05, 4.69) is 22.1 Å². The topological polar surface area (TPSA) is 45.2 Å². The Morgan fingerprint density at radius 3 is 2.61 bits per heavy atom. The van der Waals surface area contributed by atoms with Gasteiger partial charge in [0.25, 0.3) is 5.91 Å². The zero-order chi connectivity index (χ0) is 16.8. The highest BCUT2D eigenvalue weighted by molar-refractivity contribution is 6.40. The van der Waals surface area contributed by atoms with Gasteiger partial charge in [0.1, 0.15) is 0 Å². The molecule has 122 valence electrons. The Balaban J connectivity index is 2.17. The molecule has 0 aliphatic rings. The second-order valence-corrected chi connectivity index (χ2v) is 6.07. The van der Waals surface area contributed by atoms with Crippen molar-refractivity contribution >= 4 is 40.5 Å². The number of halogens is 2. The lowest BCUT2D eigenvalue weighted by Gasteiger charge is -2.19. The molecule has 2 aromatic rings. The molecule has 0 spiro atoms. The van der Waals surface area contributed by atoms with E-state index in [0.717, 1.165) is 25.1 Å². The normalized spacial score (nSPS) is 10.4. The molecule has 23 heavy (non-hydrogen) atoms. The molecule has 0 saturated heterocycles. The van der Waals surface area contributed by atoms with Crippen molar-refractivity contribution in [2.45, 2.75) is 19.8 Å². The van der Waals surface area contributed by atoms with Gasteiger partial charge in [0.05, 0.1) is 33.2 Å². The first-order valence-corrected chi connectivity index (χ1v) is 8.20. The molecule has 6 heteroatoms. The maximum atomic E-state index is 12.4. The Morgan fingerprint density at radius 2 is 1.96 bits per heavy atom. The molecule has 1 amide bonds. The zero-order valence-electron chi connectivity index (χ0n) is 13.1. The molecular formula is C17H19Cl2N3O. The monoisotopic (exact) mass is 351 g/mol. The molecule has 1 heterocycles. The van der Waals surface area contributed by atoms with E-state index in [0.29, 0.717) is 21.3 Å². The van der Waals surface area contributed by atoms with Crippen molar-refractivity contribution in [1.29, 1.82) is 0 Å². The average Bonchev–Trinajstić information content (AvgIpc) is 2.56. The minimum atomic E-state index is -0.293. The van der Waals surface area contributed by atoms with Gasteiger partial charge in [-0.25, -0.2) is 0 Å². The van der Waals surface area contributed by atoms with Crippen molar-refractivity contribution in [3.05, 3.63) is 52.3 Å². The number of aromatic nitrogens is 1. The lowest BCUT2D eigenvalue weighted by Crippen LogP contribution is -2.20. The van der Waals surface area contributed by atoms with Crippen molar-refractivity contribution in [3.8, 4) is 0 Å². The molecule has 1 aromatic carbocycles. The molecule has 0 atom stereocenters. The van der Waals surface area contributed by atoms with Gasteiger partial charge in [-0.1, -0.05) is 42.6 Å². The van der Waals surface area contributed by atoms with Crippen LogP contribution in [0.5, 0.6) is 0 Å². The maximum absolute atomic E-state index is 12.4. The van der Waals surface area contributed by atoms with E-state index in [1.54, 1.807) is 24.4 Å². The lowest BCUT2D eigenvalue weighted by molar-refractivity contribution is 0.102. The van der Waals surface area contributed by atoms with Crippen LogP contribution >= 0.6 is 23.2 Å². The van der Waals surface area contributed by atoms with Gasteiger partial charge in [0.2, 0.25) is 0 Å². The van der Waals surface area contributed by atoms with Gasteiger partial charge in [-0.15, -0.1) is 0 Å². The average molecular weight is 352 g/mol. The van der Waals surface area contributed by atoms with E-state index < -0.39 is 0 Å². The van der Waals surface area contributed by atoms with Gasteiger partial charge in [-0.3, -0.25) is 9.78 Å². The number of amides is 1. The molecule has 0 bridgehead atoms. The van der Waals surface area contributed by atoms with Crippen LogP contribution in [0.25, 0.3) is 0 Å². The summed E-state index contributed by atoms with van der Waals surface area (Å²) in [5, 5.41) is 3.54. The van der Waals surface area contributed by atoms with Crippen LogP contribution in [0.15, 0.2) is 36.7 Å². The highest BCUT2D eigenvalue weighted by atomic mass is 35.5. The number of pyridine rings is 1. The standard InChI is InChI=1S/C17H19Cl2N3O/c1-3-4-8-22(2)13-9-12(10-20-11-13)17(23)21-16-14(18)6-5-7-15(16)19/h5-7,9-11H,3-4,8H2,1-2H3,(H,21,23). The van der Waals surface area contributed by atoms with E-state index >= 15 is 0 Å². The smallest absolute Gasteiger partial charge is 0.257 e. The largest absolute Gasteiger partial charge is 0.373 e. The number of benzene rings is 1. The summed E-state index contributed by atoms with van der Waals surface area (Å²) in [6, 6.07) is 6.89. The predicted molar refractivity (Wildman–Crippen MR) is 96.8 cm³/mol. The Kier molecular flexibility index (Phi) is 6.25. The first-order chi connectivity index (χ1) is 11.0. The van der Waals surface area contributed by atoms with E-state index in [9.17, 15) is 4.79 Å². The van der Waals surface area contributed by atoms with Gasteiger partial charge in [-0.2, -0.15) is 0 Å². The van der Waals surface area contributed by atoms with Gasteiger partial charge in [-0.05, 0) is 24.6 Å². The molecule has 0 unspecified atom stereocenters. The molecular weight excluding hydrogens is 333 g/mol. The third kappa shape index (κ3) is 4.60. The summed E-state index contributed by atoms with van der Waals surface area (Å²) in [5.74, 6) is -0.293. The number of nitrogens with one attached hydrogen (secondary N) is 1.